The Morgan fingerprint density at radius 3 is 2.43 bits per heavy atom. The standard InChI is InChI=1S/C15H18BrNO4/c1-9(21-12-7-5-11(16)6-8-12)13(18)17-15(2,14(19)20)10-3-4-10/h5-10H,3-4H2,1-2H3,(H,17,18)(H,19,20). The van der Waals surface area contributed by atoms with Gasteiger partial charge >= 0.3 is 5.97 Å². The number of amides is 1. The predicted octanol–water partition coefficient (Wildman–Crippen LogP) is 2.59. The highest BCUT2D eigenvalue weighted by molar-refractivity contribution is 9.10. The van der Waals surface area contributed by atoms with Gasteiger partial charge in [0.2, 0.25) is 0 Å². The van der Waals surface area contributed by atoms with Crippen LogP contribution in [0.2, 0.25) is 0 Å². The van der Waals surface area contributed by atoms with Gasteiger partial charge in [0.25, 0.3) is 5.91 Å². The molecule has 0 aliphatic heterocycles. The molecule has 2 rings (SSSR count). The molecule has 2 N–H and O–H groups in total. The van der Waals surface area contributed by atoms with Crippen LogP contribution < -0.4 is 10.1 Å². The van der Waals surface area contributed by atoms with E-state index in [2.05, 4.69) is 21.2 Å². The summed E-state index contributed by atoms with van der Waals surface area (Å²) in [6.45, 7) is 3.16. The van der Waals surface area contributed by atoms with E-state index in [0.717, 1.165) is 17.3 Å². The number of carboxylic acid groups (broad SMARTS) is 1. The zero-order valence-corrected chi connectivity index (χ0v) is 13.5. The molecular formula is C15H18BrNO4. The third-order valence-corrected chi connectivity index (χ3v) is 4.25. The Labute approximate surface area is 131 Å². The zero-order chi connectivity index (χ0) is 15.6. The Hall–Kier alpha value is -1.56. The van der Waals surface area contributed by atoms with Crippen molar-refractivity contribution >= 4 is 27.8 Å². The van der Waals surface area contributed by atoms with Gasteiger partial charge in [0.1, 0.15) is 11.3 Å². The van der Waals surface area contributed by atoms with E-state index in [-0.39, 0.29) is 5.92 Å². The zero-order valence-electron chi connectivity index (χ0n) is 11.9. The number of hydrogen-bond donors (Lipinski definition) is 2. The first-order chi connectivity index (χ1) is 9.83. The highest BCUT2D eigenvalue weighted by Crippen LogP contribution is 2.39. The quantitative estimate of drug-likeness (QED) is 0.822. The molecule has 0 saturated heterocycles. The van der Waals surface area contributed by atoms with Crippen LogP contribution in [0.5, 0.6) is 5.75 Å². The lowest BCUT2D eigenvalue weighted by Gasteiger charge is -2.27. The minimum atomic E-state index is -1.21. The second-order valence-electron chi connectivity index (χ2n) is 5.49. The van der Waals surface area contributed by atoms with Gasteiger partial charge < -0.3 is 15.2 Å². The van der Waals surface area contributed by atoms with Crippen molar-refractivity contribution in [3.05, 3.63) is 28.7 Å². The molecule has 0 radical (unpaired) electrons. The van der Waals surface area contributed by atoms with Gasteiger partial charge in [-0.15, -0.1) is 0 Å². The number of halogens is 1. The molecule has 0 aromatic heterocycles. The molecule has 0 bridgehead atoms. The first-order valence-corrected chi connectivity index (χ1v) is 7.60. The highest BCUT2D eigenvalue weighted by atomic mass is 79.9. The van der Waals surface area contributed by atoms with Gasteiger partial charge in [-0.25, -0.2) is 4.79 Å². The summed E-state index contributed by atoms with van der Waals surface area (Å²) in [5.41, 5.74) is -1.21. The molecule has 1 fully saturated rings. The Bertz CT molecular complexity index is 541. The Morgan fingerprint density at radius 2 is 1.95 bits per heavy atom. The highest BCUT2D eigenvalue weighted by Gasteiger charge is 2.49. The normalized spacial score (nSPS) is 18.4. The van der Waals surface area contributed by atoms with Gasteiger partial charge in [0, 0.05) is 4.47 Å². The fraction of sp³-hybridized carbons (Fsp3) is 0.467. The van der Waals surface area contributed by atoms with Gasteiger partial charge in [-0.3, -0.25) is 4.79 Å². The summed E-state index contributed by atoms with van der Waals surface area (Å²) in [5, 5.41) is 11.9. The van der Waals surface area contributed by atoms with Crippen molar-refractivity contribution in [1.29, 1.82) is 0 Å². The number of aliphatic carboxylic acids is 1. The number of nitrogens with one attached hydrogen (secondary N) is 1. The fourth-order valence-electron chi connectivity index (χ4n) is 2.12. The Kier molecular flexibility index (Phi) is 4.56. The van der Waals surface area contributed by atoms with E-state index < -0.39 is 23.5 Å². The molecule has 1 amide bonds. The van der Waals surface area contributed by atoms with Crippen LogP contribution in [0.25, 0.3) is 0 Å². The minimum Gasteiger partial charge on any atom is -0.481 e. The summed E-state index contributed by atoms with van der Waals surface area (Å²) < 4.78 is 6.45. The smallest absolute Gasteiger partial charge is 0.329 e. The van der Waals surface area contributed by atoms with Crippen molar-refractivity contribution in [3.63, 3.8) is 0 Å². The van der Waals surface area contributed by atoms with Gasteiger partial charge in [-0.1, -0.05) is 15.9 Å². The lowest BCUT2D eigenvalue weighted by molar-refractivity contribution is -0.149. The molecule has 1 aromatic rings. The molecule has 1 saturated carbocycles. The van der Waals surface area contributed by atoms with E-state index in [4.69, 9.17) is 4.74 Å². The maximum absolute atomic E-state index is 12.2. The largest absolute Gasteiger partial charge is 0.481 e. The monoisotopic (exact) mass is 355 g/mol. The maximum atomic E-state index is 12.2. The summed E-state index contributed by atoms with van der Waals surface area (Å²) in [6.07, 6.45) is 0.888. The molecule has 114 valence electrons. The first kappa shape index (κ1) is 15.8. The Morgan fingerprint density at radius 1 is 1.38 bits per heavy atom. The summed E-state index contributed by atoms with van der Waals surface area (Å²) in [7, 11) is 0. The molecule has 5 nitrogen and oxygen atoms in total. The lowest BCUT2D eigenvalue weighted by Crippen LogP contribution is -2.56. The third kappa shape index (κ3) is 3.75. The van der Waals surface area contributed by atoms with Gasteiger partial charge in [0.05, 0.1) is 0 Å². The lowest BCUT2D eigenvalue weighted by atomic mass is 9.95. The van der Waals surface area contributed by atoms with Crippen LogP contribution in [-0.2, 0) is 9.59 Å². The molecule has 6 heteroatoms. The number of hydrogen-bond acceptors (Lipinski definition) is 3. The van der Waals surface area contributed by atoms with Crippen molar-refractivity contribution in [2.45, 2.75) is 38.3 Å². The van der Waals surface area contributed by atoms with Crippen LogP contribution in [0.15, 0.2) is 28.7 Å². The van der Waals surface area contributed by atoms with E-state index in [9.17, 15) is 14.7 Å². The second kappa shape index (κ2) is 6.05. The van der Waals surface area contributed by atoms with E-state index in [1.807, 2.05) is 12.1 Å². The second-order valence-corrected chi connectivity index (χ2v) is 6.40. The molecular weight excluding hydrogens is 338 g/mol. The van der Waals surface area contributed by atoms with Crippen LogP contribution in [0, 0.1) is 5.92 Å². The molecule has 0 spiro atoms. The minimum absolute atomic E-state index is 0.00108. The maximum Gasteiger partial charge on any atom is 0.329 e. The molecule has 21 heavy (non-hydrogen) atoms. The summed E-state index contributed by atoms with van der Waals surface area (Å²) >= 11 is 3.32. The molecule has 2 unspecified atom stereocenters. The number of carbonyl (C=O) groups excluding carboxylic acids is 1. The van der Waals surface area contributed by atoms with Gasteiger partial charge in [0.15, 0.2) is 6.10 Å². The molecule has 1 aromatic carbocycles. The number of carboxylic acids is 1. The topological polar surface area (TPSA) is 75.6 Å². The van der Waals surface area contributed by atoms with Gasteiger partial charge in [-0.2, -0.15) is 0 Å². The van der Waals surface area contributed by atoms with Crippen molar-refractivity contribution in [3.8, 4) is 5.75 Å². The average molecular weight is 356 g/mol. The van der Waals surface area contributed by atoms with Gasteiger partial charge in [-0.05, 0) is 56.9 Å². The van der Waals surface area contributed by atoms with E-state index in [0.29, 0.717) is 5.75 Å². The average Bonchev–Trinajstić information content (AvgIpc) is 3.25. The first-order valence-electron chi connectivity index (χ1n) is 6.80. The third-order valence-electron chi connectivity index (χ3n) is 3.72. The summed E-state index contributed by atoms with van der Waals surface area (Å²) in [5.74, 6) is -0.868. The SMILES string of the molecule is CC(Oc1ccc(Br)cc1)C(=O)NC(C)(C(=O)O)C1CC1. The molecule has 1 aliphatic rings. The number of ether oxygens (including phenoxy) is 1. The van der Waals surface area contributed by atoms with Crippen molar-refractivity contribution < 1.29 is 19.4 Å². The van der Waals surface area contributed by atoms with Crippen molar-refractivity contribution in [2.24, 2.45) is 5.92 Å². The van der Waals surface area contributed by atoms with Crippen LogP contribution in [0.1, 0.15) is 26.7 Å². The van der Waals surface area contributed by atoms with E-state index >= 15 is 0 Å². The molecule has 1 aliphatic carbocycles. The molecule has 2 atom stereocenters. The Balaban J connectivity index is 1.98. The predicted molar refractivity (Wildman–Crippen MR) is 81.1 cm³/mol. The van der Waals surface area contributed by atoms with Crippen molar-refractivity contribution in [2.75, 3.05) is 0 Å². The van der Waals surface area contributed by atoms with Crippen LogP contribution in [0.3, 0.4) is 0 Å². The van der Waals surface area contributed by atoms with Crippen LogP contribution >= 0.6 is 15.9 Å². The van der Waals surface area contributed by atoms with Crippen LogP contribution in [-0.4, -0.2) is 28.6 Å². The number of rotatable bonds is 6. The summed E-state index contributed by atoms with van der Waals surface area (Å²) in [6, 6.07) is 7.10. The van der Waals surface area contributed by atoms with Crippen LogP contribution in [0.4, 0.5) is 0 Å². The molecule has 0 heterocycles. The number of benzene rings is 1. The fourth-order valence-corrected chi connectivity index (χ4v) is 2.38. The van der Waals surface area contributed by atoms with E-state index in [1.165, 1.54) is 0 Å². The summed E-state index contributed by atoms with van der Waals surface area (Å²) in [4.78, 5) is 23.6. The van der Waals surface area contributed by atoms with E-state index in [1.54, 1.807) is 26.0 Å². The number of carbonyl (C=O) groups is 2. The van der Waals surface area contributed by atoms with Crippen molar-refractivity contribution in [1.82, 2.24) is 5.32 Å².